The number of sulfonamides is 1. The monoisotopic (exact) mass is 854 g/mol. The number of nitrogens with zero attached hydrogens (tertiary/aromatic N) is 4. The maximum atomic E-state index is 15.1. The Hall–Kier alpha value is -4.46. The number of fused-ring (bicyclic) bond motifs is 2. The minimum atomic E-state index is -5.10. The summed E-state index contributed by atoms with van der Waals surface area (Å²) >= 11 is 1.31. The van der Waals surface area contributed by atoms with Gasteiger partial charge in [-0.3, -0.25) is 24.0 Å². The Morgan fingerprint density at radius 3 is 2.50 bits per heavy atom. The van der Waals surface area contributed by atoms with Crippen molar-refractivity contribution in [1.82, 2.24) is 29.8 Å². The Labute approximate surface area is 338 Å². The Kier molecular flexibility index (Phi) is 12.1. The van der Waals surface area contributed by atoms with Gasteiger partial charge < -0.3 is 24.8 Å². The van der Waals surface area contributed by atoms with Gasteiger partial charge in [-0.25, -0.2) is 23.2 Å². The Morgan fingerprint density at radius 1 is 1.17 bits per heavy atom. The number of carboxylic acid groups (broad SMARTS) is 1. The Bertz CT molecular complexity index is 2030. The first-order valence-corrected chi connectivity index (χ1v) is 21.7. The van der Waals surface area contributed by atoms with Gasteiger partial charge in [-0.2, -0.15) is 13.2 Å². The molecule has 20 heteroatoms. The number of carbonyl (C=O) groups excluding carboxylic acids is 3. The summed E-state index contributed by atoms with van der Waals surface area (Å²) < 4.78 is 84.0. The first-order chi connectivity index (χ1) is 27.2. The van der Waals surface area contributed by atoms with Crippen molar-refractivity contribution in [1.29, 1.82) is 0 Å². The molecule has 0 unspecified atom stereocenters. The molecule has 15 nitrogen and oxygen atoms in total. The molecule has 2 aromatic heterocycles. The zero-order valence-electron chi connectivity index (χ0n) is 32.8. The number of halogens is 3. The molecule has 2 saturated carbocycles. The molecule has 3 N–H and O–H groups in total. The minimum absolute atomic E-state index is 0.0564. The lowest BCUT2D eigenvalue weighted by molar-refractivity contribution is -0.222. The summed E-state index contributed by atoms with van der Waals surface area (Å²) in [5, 5.41) is 14.8. The molecule has 4 amide bonds. The molecule has 0 bridgehead atoms. The average molecular weight is 855 g/mol. The van der Waals surface area contributed by atoms with E-state index in [9.17, 15) is 41.1 Å². The molecular formula is C38H49F3N6O9S2. The van der Waals surface area contributed by atoms with Crippen LogP contribution in [-0.4, -0.2) is 111 Å². The number of amides is 4. The first-order valence-electron chi connectivity index (χ1n) is 19.3. The predicted octanol–water partition coefficient (Wildman–Crippen LogP) is 5.14. The number of hydrogen-bond donors (Lipinski definition) is 3. The highest BCUT2D eigenvalue weighted by Crippen LogP contribution is 2.47. The SMILES string of the molecule is CC[C@@H]1C[C@H](C)CCC=C[C@@H]2C[C@@]2(C(=O)NS(=O)(=O)C2CC2)NC(=O)[C@@H]2C[C@@H](Oc3cc(OC)nc(-c4nccs4)c3)CN2C(=O)[C@H]1N(C(=O)O)C(C)(C)C(F)(F)F. The van der Waals surface area contributed by atoms with E-state index in [0.29, 0.717) is 50.2 Å². The number of nitrogens with one attached hydrogen (secondary N) is 2. The van der Waals surface area contributed by atoms with Crippen LogP contribution in [0.3, 0.4) is 0 Å². The summed E-state index contributed by atoms with van der Waals surface area (Å²) in [4.78, 5) is 66.4. The van der Waals surface area contributed by atoms with E-state index in [0.717, 1.165) is 4.90 Å². The molecule has 0 aromatic carbocycles. The van der Waals surface area contributed by atoms with Crippen molar-refractivity contribution in [2.24, 2.45) is 17.8 Å². The number of aromatic nitrogens is 2. The molecule has 0 spiro atoms. The number of alkyl halides is 3. The van der Waals surface area contributed by atoms with Gasteiger partial charge in [0, 0.05) is 36.0 Å². The van der Waals surface area contributed by atoms with E-state index >= 15 is 4.79 Å². The number of hydrogen-bond acceptors (Lipinski definition) is 11. The molecular weight excluding hydrogens is 806 g/mol. The molecule has 58 heavy (non-hydrogen) atoms. The summed E-state index contributed by atoms with van der Waals surface area (Å²) in [6.07, 6.45) is -0.980. The number of methoxy groups -OCH3 is 1. The highest BCUT2D eigenvalue weighted by atomic mass is 32.2. The fourth-order valence-corrected chi connectivity index (χ4v) is 9.94. The van der Waals surface area contributed by atoms with E-state index < -0.39 is 86.4 Å². The fraction of sp³-hybridized carbons (Fsp3) is 0.632. The quantitative estimate of drug-likeness (QED) is 0.268. The van der Waals surface area contributed by atoms with Gasteiger partial charge in [-0.1, -0.05) is 32.4 Å². The summed E-state index contributed by atoms with van der Waals surface area (Å²) in [6, 6.07) is -0.300. The molecule has 0 radical (unpaired) electrons. The van der Waals surface area contributed by atoms with Gasteiger partial charge in [-0.05, 0) is 64.2 Å². The third-order valence-corrected chi connectivity index (χ3v) is 14.3. The van der Waals surface area contributed by atoms with Gasteiger partial charge in [0.05, 0.1) is 18.9 Å². The van der Waals surface area contributed by atoms with Crippen molar-refractivity contribution in [2.75, 3.05) is 13.7 Å². The van der Waals surface area contributed by atoms with Gasteiger partial charge in [0.1, 0.15) is 45.7 Å². The van der Waals surface area contributed by atoms with E-state index in [2.05, 4.69) is 20.0 Å². The van der Waals surface area contributed by atoms with Crippen LogP contribution in [0.1, 0.15) is 79.1 Å². The lowest BCUT2D eigenvalue weighted by atomic mass is 9.82. The van der Waals surface area contributed by atoms with Crippen molar-refractivity contribution < 1.29 is 55.3 Å². The van der Waals surface area contributed by atoms with Crippen LogP contribution in [-0.2, 0) is 24.4 Å². The van der Waals surface area contributed by atoms with Crippen LogP contribution in [0.15, 0.2) is 35.9 Å². The molecule has 1 saturated heterocycles. The Balaban J connectivity index is 1.43. The molecule has 3 fully saturated rings. The smallest absolute Gasteiger partial charge is 0.411 e. The van der Waals surface area contributed by atoms with Crippen molar-refractivity contribution >= 4 is 45.2 Å². The van der Waals surface area contributed by atoms with E-state index in [1.54, 1.807) is 30.6 Å². The largest absolute Gasteiger partial charge is 0.488 e. The van der Waals surface area contributed by atoms with Crippen molar-refractivity contribution in [3.63, 3.8) is 0 Å². The van der Waals surface area contributed by atoms with Crippen LogP contribution in [0.5, 0.6) is 11.6 Å². The second kappa shape index (κ2) is 16.3. The third kappa shape index (κ3) is 8.77. The number of carbonyl (C=O) groups is 4. The van der Waals surface area contributed by atoms with Gasteiger partial charge >= 0.3 is 12.3 Å². The van der Waals surface area contributed by atoms with Gasteiger partial charge in [0.15, 0.2) is 0 Å². The molecule has 2 aliphatic carbocycles. The summed E-state index contributed by atoms with van der Waals surface area (Å²) in [7, 11) is -2.62. The highest BCUT2D eigenvalue weighted by Gasteiger charge is 2.63. The molecule has 4 aliphatic rings. The molecule has 6 rings (SSSR count). The lowest BCUT2D eigenvalue weighted by Gasteiger charge is -2.46. The first kappa shape index (κ1) is 43.1. The third-order valence-electron chi connectivity index (χ3n) is 11.7. The highest BCUT2D eigenvalue weighted by molar-refractivity contribution is 7.91. The number of allylic oxidation sites excluding steroid dienone is 1. The molecule has 2 aromatic rings. The summed E-state index contributed by atoms with van der Waals surface area (Å²) in [6.45, 7) is 4.59. The van der Waals surface area contributed by atoms with E-state index in [1.807, 2.05) is 13.0 Å². The van der Waals surface area contributed by atoms with Crippen LogP contribution in [0.2, 0.25) is 0 Å². The van der Waals surface area contributed by atoms with Crippen LogP contribution in [0.25, 0.3) is 10.7 Å². The van der Waals surface area contributed by atoms with Crippen LogP contribution < -0.4 is 19.5 Å². The van der Waals surface area contributed by atoms with Crippen LogP contribution >= 0.6 is 11.3 Å². The number of rotatable bonds is 10. The molecule has 2 aliphatic heterocycles. The average Bonchev–Trinajstić information content (AvgIpc) is 4.01. The van der Waals surface area contributed by atoms with E-state index in [4.69, 9.17) is 9.47 Å². The van der Waals surface area contributed by atoms with Crippen LogP contribution in [0.4, 0.5) is 18.0 Å². The lowest BCUT2D eigenvalue weighted by Crippen LogP contribution is -2.66. The van der Waals surface area contributed by atoms with Gasteiger partial charge in [0.2, 0.25) is 27.7 Å². The molecule has 4 heterocycles. The van der Waals surface area contributed by atoms with Crippen LogP contribution in [0, 0.1) is 17.8 Å². The zero-order valence-corrected chi connectivity index (χ0v) is 34.5. The predicted molar refractivity (Wildman–Crippen MR) is 205 cm³/mol. The number of pyridine rings is 1. The Morgan fingerprint density at radius 2 is 1.90 bits per heavy atom. The maximum Gasteiger partial charge on any atom is 0.411 e. The van der Waals surface area contributed by atoms with Gasteiger partial charge in [-0.15, -0.1) is 11.3 Å². The zero-order chi connectivity index (χ0) is 42.4. The number of ether oxygens (including phenoxy) is 2. The minimum Gasteiger partial charge on any atom is -0.488 e. The standard InChI is InChI=1S/C38H49F3N6O9S2/c1-6-22-15-21(2)9-7-8-10-23-19-37(23,34(50)45-58(53,54)26-11-12-26)44-31(48)28-17-25(56-24-16-27(32-42-13-14-57-32)43-29(18-24)55-5)20-46(28)33(49)30(22)47(35(51)52)36(3,4)38(39,40)41/h8,10,13-14,16,18,21-23,25-26,28,30H,6-7,9,11-12,15,17,19-20H2,1-5H3,(H,44,48)(H,45,50)(H,51,52)/t21-,22-,23-,25-,28+,30+,37-/m1/s1. The maximum absolute atomic E-state index is 15.1. The normalized spacial score (nSPS) is 28.3. The van der Waals surface area contributed by atoms with E-state index in [-0.39, 0.29) is 54.7 Å². The topological polar surface area (TPSA) is 197 Å². The molecule has 7 atom stereocenters. The fourth-order valence-electron chi connectivity index (χ4n) is 7.98. The second-order valence-electron chi connectivity index (χ2n) is 16.2. The molecule has 318 valence electrons. The van der Waals surface area contributed by atoms with Crippen molar-refractivity contribution in [3.8, 4) is 22.3 Å². The van der Waals surface area contributed by atoms with Crippen molar-refractivity contribution in [2.45, 2.75) is 120 Å². The number of thiazole rings is 1. The summed E-state index contributed by atoms with van der Waals surface area (Å²) in [5.41, 5.74) is -4.34. The van der Waals surface area contributed by atoms with Crippen molar-refractivity contribution in [3.05, 3.63) is 35.9 Å². The second-order valence-corrected chi connectivity index (χ2v) is 19.0. The summed E-state index contributed by atoms with van der Waals surface area (Å²) in [5.74, 6) is -4.14. The van der Waals surface area contributed by atoms with E-state index in [1.165, 1.54) is 24.5 Å². The van der Waals surface area contributed by atoms with Gasteiger partial charge in [0.25, 0.3) is 5.91 Å².